The van der Waals surface area contributed by atoms with Gasteiger partial charge >= 0.3 is 0 Å². The normalized spacial score (nSPS) is 10.4. The van der Waals surface area contributed by atoms with Crippen molar-refractivity contribution in [2.45, 2.75) is 27.7 Å². The van der Waals surface area contributed by atoms with Crippen molar-refractivity contribution in [3.63, 3.8) is 0 Å². The number of benzene rings is 2. The molecule has 0 spiro atoms. The number of carbonyl (C=O) groups excluding carboxylic acids is 2. The molecule has 0 saturated carbocycles. The van der Waals surface area contributed by atoms with Crippen LogP contribution in [0.4, 0.5) is 5.69 Å². The minimum absolute atomic E-state index is 0.116. The van der Waals surface area contributed by atoms with Crippen molar-refractivity contribution >= 4 is 29.1 Å². The number of carbonyl (C=O) groups is 2. The molecular weight excluding hydrogens is 324 g/mol. The van der Waals surface area contributed by atoms with Crippen LogP contribution in [0.2, 0.25) is 5.02 Å². The second kappa shape index (κ2) is 7.49. The molecule has 2 amide bonds. The molecule has 0 aliphatic rings. The van der Waals surface area contributed by atoms with Gasteiger partial charge in [-0.05, 0) is 68.1 Å². The van der Waals surface area contributed by atoms with Crippen LogP contribution < -0.4 is 10.6 Å². The molecule has 0 fully saturated rings. The highest BCUT2D eigenvalue weighted by molar-refractivity contribution is 6.34. The Morgan fingerprint density at radius 1 is 0.958 bits per heavy atom. The van der Waals surface area contributed by atoms with Crippen LogP contribution in [0.15, 0.2) is 30.3 Å². The SMILES string of the molecule is Cc1cc(C)c(NC(=O)CNC(=O)c2ccc(C)c(C)c2)c(Cl)c1. The summed E-state index contributed by atoms with van der Waals surface area (Å²) in [5, 5.41) is 5.86. The monoisotopic (exact) mass is 344 g/mol. The number of rotatable bonds is 4. The molecule has 0 aromatic heterocycles. The van der Waals surface area contributed by atoms with Crippen molar-refractivity contribution in [3.8, 4) is 0 Å². The summed E-state index contributed by atoms with van der Waals surface area (Å²) in [5.74, 6) is -0.596. The summed E-state index contributed by atoms with van der Waals surface area (Å²) in [6.45, 7) is 7.63. The van der Waals surface area contributed by atoms with Gasteiger partial charge in [-0.2, -0.15) is 0 Å². The number of halogens is 1. The standard InChI is InChI=1S/C19H21ClN2O2/c1-11-7-14(4)18(16(20)8-11)22-17(23)10-21-19(24)15-6-5-12(2)13(3)9-15/h5-9H,10H2,1-4H3,(H,21,24)(H,22,23). The van der Waals surface area contributed by atoms with Crippen LogP contribution in [0.3, 0.4) is 0 Å². The second-order valence-electron chi connectivity index (χ2n) is 5.97. The number of hydrogen-bond donors (Lipinski definition) is 2. The Labute approximate surface area is 147 Å². The van der Waals surface area contributed by atoms with E-state index in [0.717, 1.165) is 22.3 Å². The Morgan fingerprint density at radius 3 is 2.29 bits per heavy atom. The van der Waals surface area contributed by atoms with Crippen molar-refractivity contribution in [1.82, 2.24) is 5.32 Å². The smallest absolute Gasteiger partial charge is 0.251 e. The van der Waals surface area contributed by atoms with Crippen molar-refractivity contribution < 1.29 is 9.59 Å². The Kier molecular flexibility index (Phi) is 5.62. The molecule has 0 unspecified atom stereocenters. The van der Waals surface area contributed by atoms with Gasteiger partial charge in [0.25, 0.3) is 5.91 Å². The minimum atomic E-state index is -0.318. The molecule has 0 radical (unpaired) electrons. The quantitative estimate of drug-likeness (QED) is 0.882. The van der Waals surface area contributed by atoms with E-state index >= 15 is 0 Å². The Balaban J connectivity index is 1.98. The van der Waals surface area contributed by atoms with Gasteiger partial charge in [-0.15, -0.1) is 0 Å². The fourth-order valence-corrected chi connectivity index (χ4v) is 2.77. The molecule has 4 nitrogen and oxygen atoms in total. The maximum atomic E-state index is 12.1. The van der Waals surface area contributed by atoms with E-state index in [4.69, 9.17) is 11.6 Å². The zero-order valence-corrected chi connectivity index (χ0v) is 15.0. The lowest BCUT2D eigenvalue weighted by atomic mass is 10.1. The Hall–Kier alpha value is -2.33. The van der Waals surface area contributed by atoms with Crippen LogP contribution in [0.1, 0.15) is 32.6 Å². The summed E-state index contributed by atoms with van der Waals surface area (Å²) < 4.78 is 0. The van der Waals surface area contributed by atoms with E-state index in [-0.39, 0.29) is 18.4 Å². The molecule has 0 aliphatic heterocycles. The average molecular weight is 345 g/mol. The van der Waals surface area contributed by atoms with E-state index < -0.39 is 0 Å². The van der Waals surface area contributed by atoms with Gasteiger partial charge in [0.15, 0.2) is 0 Å². The largest absolute Gasteiger partial charge is 0.343 e. The first-order valence-corrected chi connectivity index (χ1v) is 8.08. The second-order valence-corrected chi connectivity index (χ2v) is 6.38. The van der Waals surface area contributed by atoms with E-state index in [9.17, 15) is 9.59 Å². The fourth-order valence-electron chi connectivity index (χ4n) is 2.40. The van der Waals surface area contributed by atoms with E-state index in [2.05, 4.69) is 10.6 Å². The predicted octanol–water partition coefficient (Wildman–Crippen LogP) is 3.94. The van der Waals surface area contributed by atoms with Crippen molar-refractivity contribution in [2.75, 3.05) is 11.9 Å². The molecule has 2 N–H and O–H groups in total. The van der Waals surface area contributed by atoms with E-state index in [1.807, 2.05) is 45.9 Å². The molecule has 0 atom stereocenters. The fraction of sp³-hybridized carbons (Fsp3) is 0.263. The van der Waals surface area contributed by atoms with Crippen molar-refractivity contribution in [2.24, 2.45) is 0 Å². The minimum Gasteiger partial charge on any atom is -0.343 e. The first-order chi connectivity index (χ1) is 11.3. The van der Waals surface area contributed by atoms with Crippen molar-refractivity contribution in [3.05, 3.63) is 63.2 Å². The molecule has 2 aromatic carbocycles. The third-order valence-electron chi connectivity index (χ3n) is 3.87. The van der Waals surface area contributed by atoms with Crippen LogP contribution in [0.25, 0.3) is 0 Å². The highest BCUT2D eigenvalue weighted by atomic mass is 35.5. The zero-order chi connectivity index (χ0) is 17.9. The summed E-state index contributed by atoms with van der Waals surface area (Å²) >= 11 is 6.17. The number of nitrogens with one attached hydrogen (secondary N) is 2. The highest BCUT2D eigenvalue weighted by Crippen LogP contribution is 2.27. The van der Waals surface area contributed by atoms with E-state index in [0.29, 0.717) is 16.3 Å². The van der Waals surface area contributed by atoms with Crippen LogP contribution >= 0.6 is 11.6 Å². The number of hydrogen-bond acceptors (Lipinski definition) is 2. The summed E-state index contributed by atoms with van der Waals surface area (Å²) in [6, 6.07) is 9.17. The zero-order valence-electron chi connectivity index (χ0n) is 14.3. The van der Waals surface area contributed by atoms with Gasteiger partial charge in [-0.3, -0.25) is 9.59 Å². The summed E-state index contributed by atoms with van der Waals surface area (Å²) in [7, 11) is 0. The number of amides is 2. The topological polar surface area (TPSA) is 58.2 Å². The third-order valence-corrected chi connectivity index (χ3v) is 4.17. The number of aryl methyl sites for hydroxylation is 4. The summed E-state index contributed by atoms with van der Waals surface area (Å²) in [5.41, 5.74) is 5.18. The first kappa shape index (κ1) is 18.0. The molecule has 0 bridgehead atoms. The lowest BCUT2D eigenvalue weighted by molar-refractivity contribution is -0.115. The van der Waals surface area contributed by atoms with Gasteiger partial charge in [0.1, 0.15) is 0 Å². The Bertz CT molecular complexity index is 777. The van der Waals surface area contributed by atoms with Crippen molar-refractivity contribution in [1.29, 1.82) is 0 Å². The average Bonchev–Trinajstić information content (AvgIpc) is 2.51. The molecule has 0 saturated heterocycles. The van der Waals surface area contributed by atoms with Gasteiger partial charge in [0.2, 0.25) is 5.91 Å². The molecule has 24 heavy (non-hydrogen) atoms. The maximum absolute atomic E-state index is 12.1. The molecule has 5 heteroatoms. The molecule has 0 aliphatic carbocycles. The van der Waals surface area contributed by atoms with Gasteiger partial charge in [-0.25, -0.2) is 0 Å². The van der Waals surface area contributed by atoms with Crippen LogP contribution in [-0.2, 0) is 4.79 Å². The Morgan fingerprint density at radius 2 is 1.67 bits per heavy atom. The van der Waals surface area contributed by atoms with Crippen LogP contribution in [0.5, 0.6) is 0 Å². The third kappa shape index (κ3) is 4.36. The lowest BCUT2D eigenvalue weighted by Crippen LogP contribution is -2.33. The van der Waals surface area contributed by atoms with Gasteiger partial charge in [-0.1, -0.05) is 23.7 Å². The molecule has 126 valence electrons. The molecule has 0 heterocycles. The molecule has 2 rings (SSSR count). The van der Waals surface area contributed by atoms with Gasteiger partial charge < -0.3 is 10.6 Å². The van der Waals surface area contributed by atoms with Gasteiger partial charge in [0.05, 0.1) is 17.3 Å². The molecule has 2 aromatic rings. The van der Waals surface area contributed by atoms with E-state index in [1.54, 1.807) is 12.1 Å². The number of anilines is 1. The van der Waals surface area contributed by atoms with Gasteiger partial charge in [0, 0.05) is 5.56 Å². The van der Waals surface area contributed by atoms with Crippen LogP contribution in [-0.4, -0.2) is 18.4 Å². The summed E-state index contributed by atoms with van der Waals surface area (Å²) in [6.07, 6.45) is 0. The molecular formula is C19H21ClN2O2. The lowest BCUT2D eigenvalue weighted by Gasteiger charge is -2.12. The predicted molar refractivity (Wildman–Crippen MR) is 97.8 cm³/mol. The van der Waals surface area contributed by atoms with Crippen LogP contribution in [0, 0.1) is 27.7 Å². The maximum Gasteiger partial charge on any atom is 0.251 e. The van der Waals surface area contributed by atoms with E-state index in [1.165, 1.54) is 0 Å². The first-order valence-electron chi connectivity index (χ1n) is 7.70. The highest BCUT2D eigenvalue weighted by Gasteiger charge is 2.12. The summed E-state index contributed by atoms with van der Waals surface area (Å²) in [4.78, 5) is 24.2.